The molecule has 0 aromatic rings. The van der Waals surface area contributed by atoms with Crippen LogP contribution in [0.4, 0.5) is 0 Å². The van der Waals surface area contributed by atoms with Gasteiger partial charge in [0.05, 0.1) is 0 Å². The van der Waals surface area contributed by atoms with E-state index in [-0.39, 0.29) is 0 Å². The van der Waals surface area contributed by atoms with Crippen molar-refractivity contribution in [2.24, 2.45) is 0 Å². The fraction of sp³-hybridized carbons (Fsp3) is 1.00. The van der Waals surface area contributed by atoms with Gasteiger partial charge in [-0.2, -0.15) is 48.8 Å². The van der Waals surface area contributed by atoms with Gasteiger partial charge in [0.25, 0.3) is 0 Å². The van der Waals surface area contributed by atoms with Gasteiger partial charge in [0.15, 0.2) is 16.6 Å². The zero-order chi connectivity index (χ0) is 14.8. The second kappa shape index (κ2) is 11.4. The molecular weight excluding hydrogens is 345 g/mol. The number of rotatable bonds is 12. The van der Waals surface area contributed by atoms with Crippen LogP contribution in [0.25, 0.3) is 0 Å². The van der Waals surface area contributed by atoms with Crippen molar-refractivity contribution in [1.82, 2.24) is 0 Å². The lowest BCUT2D eigenvalue weighted by atomic mass is 10.9. The first-order valence-electron chi connectivity index (χ1n) is 6.90. The lowest BCUT2D eigenvalue weighted by Gasteiger charge is -2.34. The van der Waals surface area contributed by atoms with Crippen molar-refractivity contribution in [3.8, 4) is 0 Å². The van der Waals surface area contributed by atoms with Crippen LogP contribution in [0.2, 0.25) is 38.3 Å². The molecule has 0 aromatic carbocycles. The molecule has 0 N–H and O–H groups in total. The molecule has 0 aliphatic heterocycles. The van der Waals surface area contributed by atoms with Crippen molar-refractivity contribution in [2.75, 3.05) is 34.5 Å². The van der Waals surface area contributed by atoms with E-state index < -0.39 is 16.6 Å². The van der Waals surface area contributed by atoms with Crippen LogP contribution in [-0.4, -0.2) is 51.2 Å². The van der Waals surface area contributed by atoms with Crippen LogP contribution in [0.1, 0.15) is 0 Å². The molecule has 0 aliphatic carbocycles. The topological polar surface area (TPSA) is 9.23 Å². The molecule has 0 saturated heterocycles. The molecule has 7 heteroatoms. The Morgan fingerprint density at radius 1 is 0.737 bits per heavy atom. The molecule has 0 rings (SSSR count). The first-order chi connectivity index (χ1) is 8.83. The molecule has 0 spiro atoms. The summed E-state index contributed by atoms with van der Waals surface area (Å²) in [5.41, 5.74) is 0. The summed E-state index contributed by atoms with van der Waals surface area (Å²) in [7, 11) is -2.93. The van der Waals surface area contributed by atoms with E-state index in [0.29, 0.717) is 0 Å². The Labute approximate surface area is 141 Å². The fourth-order valence-corrected chi connectivity index (χ4v) is 15.1. The molecule has 0 fully saturated rings. The van der Waals surface area contributed by atoms with Crippen LogP contribution in [0.3, 0.4) is 0 Å². The van der Waals surface area contributed by atoms with E-state index in [1.54, 1.807) is 0 Å². The standard InChI is InChI=1S/C12H30OS4Si2/c1-18(2,11-9-16-7-5-14)13-19(3,4)12-10-17-8-6-15/h14-15H,5-12H2,1-4H3. The number of thiol groups is 2. The molecule has 0 aromatic heterocycles. The van der Waals surface area contributed by atoms with E-state index in [1.165, 1.54) is 23.6 Å². The normalized spacial score (nSPS) is 12.9. The SMILES string of the molecule is C[Si](C)(CCSCCS)O[Si](C)(C)CCSCCS. The van der Waals surface area contributed by atoms with Crippen molar-refractivity contribution < 1.29 is 4.12 Å². The summed E-state index contributed by atoms with van der Waals surface area (Å²) < 4.78 is 6.60. The third-order valence-corrected chi connectivity index (χ3v) is 13.8. The van der Waals surface area contributed by atoms with Gasteiger partial charge in [-0.05, 0) is 61.3 Å². The van der Waals surface area contributed by atoms with E-state index in [0.717, 1.165) is 23.0 Å². The highest BCUT2D eigenvalue weighted by Crippen LogP contribution is 2.24. The second-order valence-corrected chi connectivity index (χ2v) is 18.0. The molecule has 0 bridgehead atoms. The highest BCUT2D eigenvalue weighted by Gasteiger charge is 2.32. The van der Waals surface area contributed by atoms with Gasteiger partial charge in [-0.3, -0.25) is 0 Å². The average molecular weight is 375 g/mol. The first kappa shape index (κ1) is 20.8. The van der Waals surface area contributed by atoms with E-state index in [1.807, 2.05) is 23.5 Å². The van der Waals surface area contributed by atoms with Gasteiger partial charge in [0.1, 0.15) is 0 Å². The quantitative estimate of drug-likeness (QED) is 0.290. The Balaban J connectivity index is 3.93. The molecule has 0 amide bonds. The maximum atomic E-state index is 6.60. The molecule has 0 atom stereocenters. The number of hydrogen-bond donors (Lipinski definition) is 2. The Kier molecular flexibility index (Phi) is 12.4. The van der Waals surface area contributed by atoms with Gasteiger partial charge in [-0.15, -0.1) is 0 Å². The van der Waals surface area contributed by atoms with Crippen LogP contribution < -0.4 is 0 Å². The van der Waals surface area contributed by atoms with Crippen molar-refractivity contribution in [3.05, 3.63) is 0 Å². The molecule has 0 saturated carbocycles. The highest BCUT2D eigenvalue weighted by atomic mass is 32.2. The second-order valence-electron chi connectivity index (χ2n) is 5.79. The summed E-state index contributed by atoms with van der Waals surface area (Å²) in [6.07, 6.45) is 0. The zero-order valence-corrected chi connectivity index (χ0v) is 18.2. The van der Waals surface area contributed by atoms with Gasteiger partial charge in [-0.1, -0.05) is 0 Å². The van der Waals surface area contributed by atoms with Gasteiger partial charge < -0.3 is 4.12 Å². The summed E-state index contributed by atoms with van der Waals surface area (Å²) in [4.78, 5) is 0. The smallest absolute Gasteiger partial charge is 0.174 e. The number of thioether (sulfide) groups is 2. The van der Waals surface area contributed by atoms with Crippen LogP contribution in [0.15, 0.2) is 0 Å². The van der Waals surface area contributed by atoms with E-state index in [9.17, 15) is 0 Å². The summed E-state index contributed by atoms with van der Waals surface area (Å²) in [6, 6.07) is 2.54. The Morgan fingerprint density at radius 2 is 1.11 bits per heavy atom. The molecular formula is C12H30OS4Si2. The maximum absolute atomic E-state index is 6.60. The summed E-state index contributed by atoms with van der Waals surface area (Å²) >= 11 is 12.5. The van der Waals surface area contributed by atoms with Gasteiger partial charge in [0.2, 0.25) is 0 Å². The van der Waals surface area contributed by atoms with Crippen LogP contribution >= 0.6 is 48.8 Å². The molecule has 0 aliphatic rings. The van der Waals surface area contributed by atoms with Gasteiger partial charge in [0, 0.05) is 11.5 Å². The molecule has 116 valence electrons. The predicted octanol–water partition coefficient (Wildman–Crippen LogP) is 4.74. The minimum atomic E-state index is -1.47. The van der Waals surface area contributed by atoms with Gasteiger partial charge in [-0.25, -0.2) is 0 Å². The molecule has 1 nitrogen and oxygen atoms in total. The Morgan fingerprint density at radius 3 is 1.42 bits per heavy atom. The number of hydrogen-bond acceptors (Lipinski definition) is 5. The third kappa shape index (κ3) is 13.2. The Hall–Kier alpha value is 1.79. The first-order valence-corrected chi connectivity index (χ1v) is 16.7. The minimum absolute atomic E-state index is 0.982. The van der Waals surface area contributed by atoms with E-state index >= 15 is 0 Å². The fourth-order valence-electron chi connectivity index (χ4n) is 1.82. The van der Waals surface area contributed by atoms with E-state index in [4.69, 9.17) is 4.12 Å². The van der Waals surface area contributed by atoms with Crippen molar-refractivity contribution >= 4 is 65.4 Å². The van der Waals surface area contributed by atoms with Crippen LogP contribution in [0, 0.1) is 0 Å². The molecule has 19 heavy (non-hydrogen) atoms. The molecule has 0 heterocycles. The van der Waals surface area contributed by atoms with Crippen LogP contribution in [0.5, 0.6) is 0 Å². The van der Waals surface area contributed by atoms with Gasteiger partial charge >= 0.3 is 0 Å². The Bertz CT molecular complexity index is 206. The summed E-state index contributed by atoms with van der Waals surface area (Å²) in [5.74, 6) is 6.76. The summed E-state index contributed by atoms with van der Waals surface area (Å²) in [5, 5.41) is 0. The maximum Gasteiger partial charge on any atom is 0.174 e. The van der Waals surface area contributed by atoms with Crippen molar-refractivity contribution in [2.45, 2.75) is 38.3 Å². The van der Waals surface area contributed by atoms with Crippen LogP contribution in [-0.2, 0) is 4.12 Å². The van der Waals surface area contributed by atoms with Crippen molar-refractivity contribution in [3.63, 3.8) is 0 Å². The third-order valence-electron chi connectivity index (χ3n) is 2.72. The predicted molar refractivity (Wildman–Crippen MR) is 108 cm³/mol. The van der Waals surface area contributed by atoms with E-state index in [2.05, 4.69) is 51.4 Å². The monoisotopic (exact) mass is 374 g/mol. The lowest BCUT2D eigenvalue weighted by molar-refractivity contribution is 0.543. The average Bonchev–Trinajstić information content (AvgIpc) is 2.29. The largest absolute Gasteiger partial charge is 0.455 e. The lowest BCUT2D eigenvalue weighted by Crippen LogP contribution is -2.44. The van der Waals surface area contributed by atoms with Crippen molar-refractivity contribution in [1.29, 1.82) is 0 Å². The molecule has 0 unspecified atom stereocenters. The highest BCUT2D eigenvalue weighted by molar-refractivity contribution is 8.00. The molecule has 0 radical (unpaired) electrons. The minimum Gasteiger partial charge on any atom is -0.455 e. The summed E-state index contributed by atoms with van der Waals surface area (Å²) in [6.45, 7) is 9.52. The zero-order valence-electron chi connectivity index (χ0n) is 12.8.